The Kier molecular flexibility index (Phi) is 6.20. The predicted molar refractivity (Wildman–Crippen MR) is 115 cm³/mol. The van der Waals surface area contributed by atoms with Crippen molar-refractivity contribution < 1.29 is 24.6 Å². The van der Waals surface area contributed by atoms with E-state index >= 15 is 0 Å². The lowest BCUT2D eigenvalue weighted by atomic mass is 10.1. The van der Waals surface area contributed by atoms with Gasteiger partial charge in [0, 0.05) is 24.0 Å². The van der Waals surface area contributed by atoms with Gasteiger partial charge >= 0.3 is 11.9 Å². The summed E-state index contributed by atoms with van der Waals surface area (Å²) in [4.78, 5) is 43.5. The number of nitrogens with one attached hydrogen (secondary N) is 1. The van der Waals surface area contributed by atoms with Crippen molar-refractivity contribution in [2.75, 3.05) is 11.5 Å². The van der Waals surface area contributed by atoms with Gasteiger partial charge in [-0.3, -0.25) is 9.59 Å². The highest BCUT2D eigenvalue weighted by atomic mass is 32.1. The average Bonchev–Trinajstić information content (AvgIpc) is 3.32. The number of carboxylic acids is 2. The van der Waals surface area contributed by atoms with E-state index in [-0.39, 0.29) is 29.5 Å². The number of thiophene rings is 1. The Bertz CT molecular complexity index is 1180. The number of anilines is 2. The minimum absolute atomic E-state index is 0.0820. The molecule has 12 heteroatoms. The van der Waals surface area contributed by atoms with Gasteiger partial charge in [-0.05, 0) is 30.2 Å². The Hall–Kier alpha value is -3.93. The lowest BCUT2D eigenvalue weighted by molar-refractivity contribution is -0.140. The first-order valence-corrected chi connectivity index (χ1v) is 9.88. The van der Waals surface area contributed by atoms with E-state index in [4.69, 9.17) is 16.6 Å². The molecule has 1 amide bonds. The van der Waals surface area contributed by atoms with E-state index in [1.54, 1.807) is 24.4 Å². The highest BCUT2D eigenvalue weighted by molar-refractivity contribution is 7.15. The molecule has 0 unspecified atom stereocenters. The van der Waals surface area contributed by atoms with Crippen molar-refractivity contribution in [1.82, 2.24) is 19.9 Å². The van der Waals surface area contributed by atoms with Crippen molar-refractivity contribution in [3.05, 3.63) is 40.7 Å². The number of hydrogen-bond acceptors (Lipinski definition) is 8. The number of nitrogens with zero attached hydrogens (tertiary/aromatic N) is 3. The van der Waals surface area contributed by atoms with Gasteiger partial charge in [0.15, 0.2) is 5.82 Å². The number of nitrogens with two attached hydrogens (primary N) is 2. The molecular formula is C19H20N6O5S. The lowest BCUT2D eigenvalue weighted by Crippen LogP contribution is -2.40. The maximum absolute atomic E-state index is 12.4. The zero-order valence-electron chi connectivity index (χ0n) is 16.2. The molecule has 3 aromatic heterocycles. The largest absolute Gasteiger partial charge is 0.481 e. The molecule has 3 heterocycles. The number of carboxylic acid groups (broad SMARTS) is 2. The van der Waals surface area contributed by atoms with E-state index in [2.05, 4.69) is 21.9 Å². The number of amides is 1. The fraction of sp³-hybridized carbons (Fsp3) is 0.211. The summed E-state index contributed by atoms with van der Waals surface area (Å²) in [7, 11) is 0. The lowest BCUT2D eigenvalue weighted by Gasteiger charge is -2.12. The number of hydrogen-bond donors (Lipinski definition) is 5. The number of rotatable bonds is 9. The Morgan fingerprint density at radius 3 is 2.55 bits per heavy atom. The van der Waals surface area contributed by atoms with Gasteiger partial charge in [0.25, 0.3) is 5.91 Å². The van der Waals surface area contributed by atoms with Gasteiger partial charge in [0.05, 0.1) is 10.4 Å². The Morgan fingerprint density at radius 2 is 1.87 bits per heavy atom. The molecule has 0 bridgehead atoms. The molecule has 0 aromatic carbocycles. The smallest absolute Gasteiger partial charge is 0.326 e. The van der Waals surface area contributed by atoms with Gasteiger partial charge in [-0.25, -0.2) is 9.78 Å². The monoisotopic (exact) mass is 444 g/mol. The summed E-state index contributed by atoms with van der Waals surface area (Å²) in [6.07, 6.45) is 1.20. The molecule has 11 nitrogen and oxygen atoms in total. The first-order valence-electron chi connectivity index (χ1n) is 9.07. The number of aliphatic carboxylic acids is 2. The van der Waals surface area contributed by atoms with Gasteiger partial charge in [0.2, 0.25) is 5.95 Å². The molecule has 0 radical (unpaired) electrons. The zero-order chi connectivity index (χ0) is 22.7. The zero-order valence-corrected chi connectivity index (χ0v) is 17.1. The van der Waals surface area contributed by atoms with Crippen molar-refractivity contribution in [3.8, 4) is 0 Å². The molecular weight excluding hydrogens is 424 g/mol. The summed E-state index contributed by atoms with van der Waals surface area (Å²) in [5.41, 5.74) is 13.5. The topological polar surface area (TPSA) is 186 Å². The van der Waals surface area contributed by atoms with Gasteiger partial charge in [0.1, 0.15) is 11.6 Å². The van der Waals surface area contributed by atoms with Crippen LogP contribution in [-0.2, 0) is 16.1 Å². The van der Waals surface area contributed by atoms with Gasteiger partial charge in [-0.15, -0.1) is 11.3 Å². The molecule has 162 valence electrons. The molecule has 0 aliphatic carbocycles. The van der Waals surface area contributed by atoms with Crippen LogP contribution in [0.1, 0.15) is 27.4 Å². The summed E-state index contributed by atoms with van der Waals surface area (Å²) in [5, 5.41) is 20.3. The van der Waals surface area contributed by atoms with Crippen molar-refractivity contribution in [2.24, 2.45) is 0 Å². The molecule has 31 heavy (non-hydrogen) atoms. The summed E-state index contributed by atoms with van der Waals surface area (Å²) < 4.78 is 1.82. The van der Waals surface area contributed by atoms with Gasteiger partial charge in [-0.1, -0.05) is 6.58 Å². The van der Waals surface area contributed by atoms with Crippen LogP contribution in [0.15, 0.2) is 31.0 Å². The predicted octanol–water partition coefficient (Wildman–Crippen LogP) is 1.42. The molecule has 0 aliphatic heterocycles. The summed E-state index contributed by atoms with van der Waals surface area (Å²) in [6.45, 7) is 4.42. The van der Waals surface area contributed by atoms with Crippen LogP contribution >= 0.6 is 11.3 Å². The third-order valence-corrected chi connectivity index (χ3v) is 5.63. The first-order chi connectivity index (χ1) is 14.7. The van der Waals surface area contributed by atoms with E-state index < -0.39 is 23.9 Å². The summed E-state index contributed by atoms with van der Waals surface area (Å²) in [5.74, 6) is -2.70. The van der Waals surface area contributed by atoms with E-state index in [9.17, 15) is 19.5 Å². The van der Waals surface area contributed by atoms with Crippen LogP contribution in [0.25, 0.3) is 16.6 Å². The maximum atomic E-state index is 12.4. The van der Waals surface area contributed by atoms with Crippen molar-refractivity contribution in [3.63, 3.8) is 0 Å². The maximum Gasteiger partial charge on any atom is 0.326 e. The average molecular weight is 444 g/mol. The Morgan fingerprint density at radius 1 is 1.16 bits per heavy atom. The number of fused-ring (bicyclic) bond motifs is 1. The quantitative estimate of drug-likeness (QED) is 0.325. The van der Waals surface area contributed by atoms with Crippen LogP contribution in [0.5, 0.6) is 0 Å². The highest BCUT2D eigenvalue weighted by Crippen LogP contribution is 2.27. The van der Waals surface area contributed by atoms with E-state index in [0.29, 0.717) is 23.2 Å². The van der Waals surface area contributed by atoms with Crippen LogP contribution in [0.4, 0.5) is 11.8 Å². The van der Waals surface area contributed by atoms with Crippen LogP contribution < -0.4 is 16.8 Å². The Balaban J connectivity index is 1.71. The molecule has 0 spiro atoms. The third kappa shape index (κ3) is 4.98. The van der Waals surface area contributed by atoms with Crippen LogP contribution in [-0.4, -0.2) is 48.6 Å². The van der Waals surface area contributed by atoms with Crippen LogP contribution in [0.3, 0.4) is 0 Å². The fourth-order valence-electron chi connectivity index (χ4n) is 2.97. The molecule has 0 saturated heterocycles. The normalized spacial score (nSPS) is 11.9. The molecule has 0 aliphatic rings. The van der Waals surface area contributed by atoms with Crippen LogP contribution in [0.2, 0.25) is 0 Å². The van der Waals surface area contributed by atoms with Crippen molar-refractivity contribution >= 4 is 57.6 Å². The van der Waals surface area contributed by atoms with Crippen molar-refractivity contribution in [1.29, 1.82) is 0 Å². The summed E-state index contributed by atoms with van der Waals surface area (Å²) >= 11 is 1.14. The standard InChI is InChI=1S/C19H20N6O5S/c1-9(8-25-7-6-10-15(25)16(20)24-19(21)23-10)12-3-4-13(31-12)17(28)22-11(18(29)30)2-5-14(26)27/h3-4,6-7,11H,1-2,5,8H2,(H,22,28)(H,26,27)(H,29,30)(H4,20,21,23,24)/t11-/m0/s1. The number of nitrogen functional groups attached to an aromatic ring is 2. The van der Waals surface area contributed by atoms with E-state index in [1.165, 1.54) is 0 Å². The minimum Gasteiger partial charge on any atom is -0.481 e. The third-order valence-electron chi connectivity index (χ3n) is 4.44. The highest BCUT2D eigenvalue weighted by Gasteiger charge is 2.22. The number of carbonyl (C=O) groups is 3. The first kappa shape index (κ1) is 21.8. The second-order valence-corrected chi connectivity index (χ2v) is 7.79. The SMILES string of the molecule is C=C(Cn1ccc2nc(N)nc(N)c21)c1ccc(C(=O)N[C@@H](CCC(=O)O)C(=O)O)s1. The molecule has 0 fully saturated rings. The van der Waals surface area contributed by atoms with E-state index in [0.717, 1.165) is 16.2 Å². The fourth-order valence-corrected chi connectivity index (χ4v) is 3.84. The van der Waals surface area contributed by atoms with Gasteiger partial charge in [-0.2, -0.15) is 4.98 Å². The van der Waals surface area contributed by atoms with E-state index in [1.807, 2.05) is 4.57 Å². The molecule has 7 N–H and O–H groups in total. The molecule has 3 rings (SSSR count). The van der Waals surface area contributed by atoms with Gasteiger partial charge < -0.3 is 31.6 Å². The second-order valence-electron chi connectivity index (χ2n) is 6.71. The van der Waals surface area contributed by atoms with Crippen LogP contribution in [0, 0.1) is 0 Å². The van der Waals surface area contributed by atoms with Crippen molar-refractivity contribution in [2.45, 2.75) is 25.4 Å². The summed E-state index contributed by atoms with van der Waals surface area (Å²) in [6, 6.07) is 3.73. The Labute approximate surface area is 180 Å². The molecule has 0 saturated carbocycles. The molecule has 3 aromatic rings. The minimum atomic E-state index is -1.30. The number of allylic oxidation sites excluding steroid dienone is 1. The second kappa shape index (κ2) is 8.83. The molecule has 1 atom stereocenters. The number of aromatic nitrogens is 3. The number of carbonyl (C=O) groups excluding carboxylic acids is 1.